The zero-order valence-corrected chi connectivity index (χ0v) is 12.0. The van der Waals surface area contributed by atoms with Crippen molar-refractivity contribution in [3.63, 3.8) is 0 Å². The van der Waals surface area contributed by atoms with E-state index in [-0.39, 0.29) is 5.97 Å². The first-order valence-corrected chi connectivity index (χ1v) is 6.35. The third kappa shape index (κ3) is 4.04. The number of nitriles is 1. The monoisotopic (exact) mass is 310 g/mol. The molecule has 0 amide bonds. The fourth-order valence-corrected chi connectivity index (χ4v) is 2.25. The molecule has 0 saturated carbocycles. The fourth-order valence-electron chi connectivity index (χ4n) is 1.57. The van der Waals surface area contributed by atoms with Crippen molar-refractivity contribution in [1.29, 1.82) is 5.26 Å². The lowest BCUT2D eigenvalue weighted by molar-refractivity contribution is -0.140. The summed E-state index contributed by atoms with van der Waals surface area (Å²) < 4.78 is 5.47. The van der Waals surface area contributed by atoms with Crippen LogP contribution in [0.25, 0.3) is 0 Å². The zero-order valence-electron chi connectivity index (χ0n) is 10.4. The number of anilines is 1. The van der Waals surface area contributed by atoms with Gasteiger partial charge in [-0.25, -0.2) is 0 Å². The Bertz CT molecular complexity index is 469. The van der Waals surface area contributed by atoms with E-state index in [2.05, 4.69) is 26.7 Å². The number of rotatable bonds is 5. The topological polar surface area (TPSA) is 53.3 Å². The molecule has 0 aromatic heterocycles. The molecule has 0 heterocycles. The molecule has 18 heavy (non-hydrogen) atoms. The SMILES string of the molecule is COC(=O)CCCN(C)c1ccc(C#N)cc1Br. The van der Waals surface area contributed by atoms with Crippen LogP contribution in [0.3, 0.4) is 0 Å². The highest BCUT2D eigenvalue weighted by molar-refractivity contribution is 9.10. The molecular formula is C13H15BrN2O2. The van der Waals surface area contributed by atoms with E-state index in [4.69, 9.17) is 5.26 Å². The number of ether oxygens (including phenoxy) is 1. The Kier molecular flexibility index (Phi) is 5.66. The molecule has 0 unspecified atom stereocenters. The second kappa shape index (κ2) is 7.02. The minimum Gasteiger partial charge on any atom is -0.469 e. The standard InChI is InChI=1S/C13H15BrN2O2/c1-16(7-3-4-13(17)18-2)12-6-5-10(9-15)8-11(12)14/h5-6,8H,3-4,7H2,1-2H3. The Morgan fingerprint density at radius 1 is 1.56 bits per heavy atom. The van der Waals surface area contributed by atoms with Crippen LogP contribution in [-0.2, 0) is 9.53 Å². The van der Waals surface area contributed by atoms with E-state index in [1.807, 2.05) is 18.0 Å². The maximum atomic E-state index is 11.0. The third-order valence-corrected chi connectivity index (χ3v) is 3.23. The van der Waals surface area contributed by atoms with Gasteiger partial charge in [0.1, 0.15) is 0 Å². The number of hydrogen-bond donors (Lipinski definition) is 0. The van der Waals surface area contributed by atoms with Crippen LogP contribution in [0.2, 0.25) is 0 Å². The van der Waals surface area contributed by atoms with Gasteiger partial charge in [-0.2, -0.15) is 5.26 Å². The summed E-state index contributed by atoms with van der Waals surface area (Å²) >= 11 is 3.44. The van der Waals surface area contributed by atoms with E-state index in [9.17, 15) is 4.79 Å². The number of carbonyl (C=O) groups is 1. The van der Waals surface area contributed by atoms with Crippen molar-refractivity contribution >= 4 is 27.6 Å². The van der Waals surface area contributed by atoms with Crippen LogP contribution in [0, 0.1) is 11.3 Å². The molecule has 0 N–H and O–H groups in total. The molecule has 1 rings (SSSR count). The highest BCUT2D eigenvalue weighted by Gasteiger charge is 2.07. The van der Waals surface area contributed by atoms with E-state index in [0.717, 1.165) is 23.1 Å². The number of halogens is 1. The second-order valence-corrected chi connectivity index (χ2v) is 4.73. The van der Waals surface area contributed by atoms with Gasteiger partial charge in [-0.15, -0.1) is 0 Å². The maximum absolute atomic E-state index is 11.0. The number of nitrogens with zero attached hydrogens (tertiary/aromatic N) is 2. The molecule has 0 bridgehead atoms. The predicted octanol–water partition coefficient (Wildman–Crippen LogP) is 2.71. The molecule has 96 valence electrons. The normalized spacial score (nSPS) is 9.67. The molecule has 0 saturated heterocycles. The summed E-state index contributed by atoms with van der Waals surface area (Å²) in [7, 11) is 3.34. The van der Waals surface area contributed by atoms with Gasteiger partial charge < -0.3 is 9.64 Å². The number of esters is 1. The van der Waals surface area contributed by atoms with Crippen LogP contribution in [0.4, 0.5) is 5.69 Å². The lowest BCUT2D eigenvalue weighted by Gasteiger charge is -2.20. The molecule has 0 aliphatic carbocycles. The summed E-state index contributed by atoms with van der Waals surface area (Å²) in [5, 5.41) is 8.79. The Balaban J connectivity index is 2.59. The predicted molar refractivity (Wildman–Crippen MR) is 73.4 cm³/mol. The maximum Gasteiger partial charge on any atom is 0.305 e. The van der Waals surface area contributed by atoms with Crippen molar-refractivity contribution in [2.75, 3.05) is 25.6 Å². The van der Waals surface area contributed by atoms with Crippen molar-refractivity contribution in [2.24, 2.45) is 0 Å². The summed E-state index contributed by atoms with van der Waals surface area (Å²) in [5.41, 5.74) is 1.62. The van der Waals surface area contributed by atoms with Crippen LogP contribution in [-0.4, -0.2) is 26.7 Å². The molecule has 1 aromatic carbocycles. The first kappa shape index (κ1) is 14.5. The van der Waals surface area contributed by atoms with Crippen molar-refractivity contribution in [3.8, 4) is 6.07 Å². The number of hydrogen-bond acceptors (Lipinski definition) is 4. The molecule has 0 spiro atoms. The first-order valence-electron chi connectivity index (χ1n) is 5.56. The lowest BCUT2D eigenvalue weighted by atomic mass is 10.2. The minimum absolute atomic E-state index is 0.192. The van der Waals surface area contributed by atoms with E-state index < -0.39 is 0 Å². The molecule has 0 aliphatic heterocycles. The number of carbonyl (C=O) groups excluding carboxylic acids is 1. The van der Waals surface area contributed by atoms with Gasteiger partial charge in [0.25, 0.3) is 0 Å². The minimum atomic E-state index is -0.192. The van der Waals surface area contributed by atoms with Crippen LogP contribution in [0.1, 0.15) is 18.4 Å². The molecule has 0 fully saturated rings. The quantitative estimate of drug-likeness (QED) is 0.785. The lowest BCUT2D eigenvalue weighted by Crippen LogP contribution is -2.20. The fraction of sp³-hybridized carbons (Fsp3) is 0.385. The van der Waals surface area contributed by atoms with Crippen molar-refractivity contribution < 1.29 is 9.53 Å². The molecular weight excluding hydrogens is 296 g/mol. The molecule has 0 aliphatic rings. The number of benzene rings is 1. The van der Waals surface area contributed by atoms with Gasteiger partial charge in [0.15, 0.2) is 0 Å². The molecule has 0 radical (unpaired) electrons. The Morgan fingerprint density at radius 3 is 2.83 bits per heavy atom. The van der Waals surface area contributed by atoms with Gasteiger partial charge in [-0.1, -0.05) is 0 Å². The molecule has 0 atom stereocenters. The van der Waals surface area contributed by atoms with Gasteiger partial charge in [0.2, 0.25) is 0 Å². The average Bonchev–Trinajstić information content (AvgIpc) is 2.37. The molecule has 4 nitrogen and oxygen atoms in total. The van der Waals surface area contributed by atoms with Crippen LogP contribution >= 0.6 is 15.9 Å². The summed E-state index contributed by atoms with van der Waals surface area (Å²) in [6, 6.07) is 7.54. The van der Waals surface area contributed by atoms with Crippen molar-refractivity contribution in [1.82, 2.24) is 0 Å². The third-order valence-electron chi connectivity index (χ3n) is 2.59. The second-order valence-electron chi connectivity index (χ2n) is 3.88. The Hall–Kier alpha value is -1.54. The zero-order chi connectivity index (χ0) is 13.5. The summed E-state index contributed by atoms with van der Waals surface area (Å²) in [4.78, 5) is 13.0. The largest absolute Gasteiger partial charge is 0.469 e. The Labute approximate surface area is 115 Å². The first-order chi connectivity index (χ1) is 8.58. The van der Waals surface area contributed by atoms with E-state index in [1.165, 1.54) is 7.11 Å². The summed E-state index contributed by atoms with van der Waals surface area (Å²) in [6.45, 7) is 0.750. The van der Waals surface area contributed by atoms with Gasteiger partial charge in [-0.3, -0.25) is 4.79 Å². The highest BCUT2D eigenvalue weighted by atomic mass is 79.9. The van der Waals surface area contributed by atoms with Gasteiger partial charge in [0, 0.05) is 24.5 Å². The molecule has 1 aromatic rings. The smallest absolute Gasteiger partial charge is 0.305 e. The number of methoxy groups -OCH3 is 1. The summed E-state index contributed by atoms with van der Waals surface area (Å²) in [6.07, 6.45) is 1.14. The van der Waals surface area contributed by atoms with Gasteiger partial charge in [-0.05, 0) is 40.5 Å². The molecule has 5 heteroatoms. The van der Waals surface area contributed by atoms with Crippen LogP contribution in [0.15, 0.2) is 22.7 Å². The van der Waals surface area contributed by atoms with E-state index in [0.29, 0.717) is 12.0 Å². The van der Waals surface area contributed by atoms with Crippen LogP contribution < -0.4 is 4.90 Å². The Morgan fingerprint density at radius 2 is 2.28 bits per heavy atom. The average molecular weight is 311 g/mol. The van der Waals surface area contributed by atoms with Gasteiger partial charge in [0.05, 0.1) is 24.4 Å². The van der Waals surface area contributed by atoms with E-state index >= 15 is 0 Å². The van der Waals surface area contributed by atoms with Crippen molar-refractivity contribution in [2.45, 2.75) is 12.8 Å². The van der Waals surface area contributed by atoms with Crippen molar-refractivity contribution in [3.05, 3.63) is 28.2 Å². The van der Waals surface area contributed by atoms with Gasteiger partial charge >= 0.3 is 5.97 Å². The van der Waals surface area contributed by atoms with E-state index in [1.54, 1.807) is 12.1 Å². The highest BCUT2D eigenvalue weighted by Crippen LogP contribution is 2.26. The van der Waals surface area contributed by atoms with Crippen LogP contribution in [0.5, 0.6) is 0 Å². The summed E-state index contributed by atoms with van der Waals surface area (Å²) in [5.74, 6) is -0.192.